The van der Waals surface area contributed by atoms with Crippen LogP contribution in [0.4, 0.5) is 0 Å². The van der Waals surface area contributed by atoms with Gasteiger partial charge in [0.05, 0.1) is 11.6 Å². The summed E-state index contributed by atoms with van der Waals surface area (Å²) in [6.45, 7) is 8.12. The van der Waals surface area contributed by atoms with Crippen molar-refractivity contribution in [2.75, 3.05) is 19.6 Å². The van der Waals surface area contributed by atoms with Crippen molar-refractivity contribution in [2.24, 2.45) is 0 Å². The summed E-state index contributed by atoms with van der Waals surface area (Å²) in [7, 11) is 0. The summed E-state index contributed by atoms with van der Waals surface area (Å²) in [5.74, 6) is -0.189. The first-order valence-electron chi connectivity index (χ1n) is 12.7. The van der Waals surface area contributed by atoms with Crippen LogP contribution in [0.2, 0.25) is 0 Å². The largest absolute Gasteiger partial charge is 0.354 e. The Kier molecular flexibility index (Phi) is 7.00. The molecule has 2 aromatic carbocycles. The molecule has 0 aliphatic carbocycles. The molecule has 0 bridgehead atoms. The fourth-order valence-electron chi connectivity index (χ4n) is 5.23. The molecular formula is C29H33N5O2. The highest BCUT2D eigenvalue weighted by atomic mass is 16.2. The molecule has 3 heterocycles. The van der Waals surface area contributed by atoms with E-state index >= 15 is 0 Å². The highest BCUT2D eigenvalue weighted by molar-refractivity contribution is 5.87. The molecule has 7 nitrogen and oxygen atoms in total. The molecule has 0 radical (unpaired) electrons. The SMILES string of the molecule is Cc1c2cnn(CC(=O)NCCCN3CCc4ccccc4C3)c(=O)c2c(C)n1Cc1ccccc1. The smallest absolute Gasteiger partial charge is 0.276 e. The van der Waals surface area contributed by atoms with Crippen LogP contribution in [0.15, 0.2) is 65.6 Å². The van der Waals surface area contributed by atoms with Gasteiger partial charge in [-0.05, 0) is 43.4 Å². The first kappa shape index (κ1) is 24.0. The Bertz CT molecular complexity index is 1440. The summed E-state index contributed by atoms with van der Waals surface area (Å²) >= 11 is 0. The van der Waals surface area contributed by atoms with Crippen LogP contribution in [0.3, 0.4) is 0 Å². The molecule has 0 fully saturated rings. The fourth-order valence-corrected chi connectivity index (χ4v) is 5.23. The lowest BCUT2D eigenvalue weighted by molar-refractivity contribution is -0.121. The molecule has 1 amide bonds. The van der Waals surface area contributed by atoms with Crippen molar-refractivity contribution in [2.45, 2.75) is 46.3 Å². The van der Waals surface area contributed by atoms with Crippen LogP contribution in [0.25, 0.3) is 10.8 Å². The molecule has 1 N–H and O–H groups in total. The van der Waals surface area contributed by atoms with Crippen molar-refractivity contribution in [3.05, 3.63) is 99.2 Å². The molecule has 5 rings (SSSR count). The van der Waals surface area contributed by atoms with E-state index < -0.39 is 0 Å². The summed E-state index contributed by atoms with van der Waals surface area (Å²) in [4.78, 5) is 28.3. The van der Waals surface area contributed by atoms with Crippen LogP contribution in [0.1, 0.15) is 34.5 Å². The van der Waals surface area contributed by atoms with Crippen LogP contribution >= 0.6 is 0 Å². The summed E-state index contributed by atoms with van der Waals surface area (Å²) in [6, 6.07) is 18.8. The van der Waals surface area contributed by atoms with Crippen molar-refractivity contribution in [1.29, 1.82) is 0 Å². The zero-order valence-corrected chi connectivity index (χ0v) is 21.0. The summed E-state index contributed by atoms with van der Waals surface area (Å²) in [5.41, 5.74) is 5.70. The van der Waals surface area contributed by atoms with Crippen LogP contribution < -0.4 is 10.9 Å². The maximum Gasteiger partial charge on any atom is 0.276 e. The molecule has 0 unspecified atom stereocenters. The molecule has 4 aromatic rings. The van der Waals surface area contributed by atoms with Gasteiger partial charge in [-0.3, -0.25) is 14.5 Å². The second-order valence-electron chi connectivity index (χ2n) is 9.64. The van der Waals surface area contributed by atoms with E-state index in [0.717, 1.165) is 49.2 Å². The number of aromatic nitrogens is 3. The highest BCUT2D eigenvalue weighted by Crippen LogP contribution is 2.23. The van der Waals surface area contributed by atoms with E-state index in [1.165, 1.54) is 21.4 Å². The van der Waals surface area contributed by atoms with Gasteiger partial charge in [-0.15, -0.1) is 0 Å². The molecular weight excluding hydrogens is 450 g/mol. The van der Waals surface area contributed by atoms with Gasteiger partial charge in [0, 0.05) is 49.5 Å². The predicted molar refractivity (Wildman–Crippen MR) is 142 cm³/mol. The maximum atomic E-state index is 13.2. The van der Waals surface area contributed by atoms with Gasteiger partial charge in [0.15, 0.2) is 0 Å². The maximum absolute atomic E-state index is 13.2. The molecule has 0 saturated heterocycles. The first-order valence-corrected chi connectivity index (χ1v) is 12.7. The molecule has 36 heavy (non-hydrogen) atoms. The highest BCUT2D eigenvalue weighted by Gasteiger charge is 2.18. The molecule has 0 spiro atoms. The van der Waals surface area contributed by atoms with Gasteiger partial charge in [0.25, 0.3) is 5.56 Å². The van der Waals surface area contributed by atoms with E-state index in [2.05, 4.69) is 56.3 Å². The molecule has 0 saturated carbocycles. The first-order chi connectivity index (χ1) is 17.5. The van der Waals surface area contributed by atoms with Crippen LogP contribution in [-0.2, 0) is 30.8 Å². The third-order valence-electron chi connectivity index (χ3n) is 7.27. The van der Waals surface area contributed by atoms with Crippen LogP contribution in [0, 0.1) is 13.8 Å². The van der Waals surface area contributed by atoms with Crippen molar-refractivity contribution in [3.63, 3.8) is 0 Å². The van der Waals surface area contributed by atoms with E-state index in [9.17, 15) is 9.59 Å². The van der Waals surface area contributed by atoms with Gasteiger partial charge in [0.1, 0.15) is 6.54 Å². The normalized spacial score (nSPS) is 13.6. The van der Waals surface area contributed by atoms with Crippen molar-refractivity contribution in [1.82, 2.24) is 24.6 Å². The Labute approximate surface area is 211 Å². The van der Waals surface area contributed by atoms with E-state index in [-0.39, 0.29) is 18.0 Å². The average Bonchev–Trinajstić information content (AvgIpc) is 3.14. The molecule has 7 heteroatoms. The van der Waals surface area contributed by atoms with Gasteiger partial charge in [-0.25, -0.2) is 4.68 Å². The zero-order chi connectivity index (χ0) is 25.1. The second kappa shape index (κ2) is 10.5. The van der Waals surface area contributed by atoms with Crippen molar-refractivity contribution >= 4 is 16.7 Å². The minimum Gasteiger partial charge on any atom is -0.354 e. The summed E-state index contributed by atoms with van der Waals surface area (Å²) < 4.78 is 3.42. The van der Waals surface area contributed by atoms with Crippen LogP contribution in [0.5, 0.6) is 0 Å². The topological polar surface area (TPSA) is 72.2 Å². The lowest BCUT2D eigenvalue weighted by Crippen LogP contribution is -2.36. The van der Waals surface area contributed by atoms with Gasteiger partial charge in [-0.2, -0.15) is 5.10 Å². The van der Waals surface area contributed by atoms with E-state index in [1.54, 1.807) is 6.20 Å². The second-order valence-corrected chi connectivity index (χ2v) is 9.64. The molecule has 2 aromatic heterocycles. The predicted octanol–water partition coefficient (Wildman–Crippen LogP) is 3.43. The number of amides is 1. The van der Waals surface area contributed by atoms with E-state index in [4.69, 9.17) is 0 Å². The van der Waals surface area contributed by atoms with Crippen molar-refractivity contribution in [3.8, 4) is 0 Å². The van der Waals surface area contributed by atoms with Crippen molar-refractivity contribution < 1.29 is 4.79 Å². The minimum atomic E-state index is -0.220. The van der Waals surface area contributed by atoms with Crippen LogP contribution in [-0.4, -0.2) is 44.8 Å². The fraction of sp³-hybridized carbons (Fsp3) is 0.345. The minimum absolute atomic E-state index is 0.0752. The zero-order valence-electron chi connectivity index (χ0n) is 21.0. The Hall–Kier alpha value is -3.71. The number of carbonyl (C=O) groups is 1. The monoisotopic (exact) mass is 483 g/mol. The van der Waals surface area contributed by atoms with Gasteiger partial charge < -0.3 is 9.88 Å². The Morgan fingerprint density at radius 2 is 1.75 bits per heavy atom. The number of hydrogen-bond acceptors (Lipinski definition) is 4. The van der Waals surface area contributed by atoms with Gasteiger partial charge >= 0.3 is 0 Å². The van der Waals surface area contributed by atoms with E-state index in [0.29, 0.717) is 18.5 Å². The number of rotatable bonds is 8. The molecule has 1 aliphatic rings. The summed E-state index contributed by atoms with van der Waals surface area (Å²) in [6.07, 6.45) is 3.66. The third-order valence-corrected chi connectivity index (χ3v) is 7.27. The number of nitrogens with zero attached hydrogens (tertiary/aromatic N) is 4. The number of aryl methyl sites for hydroxylation is 2. The number of benzene rings is 2. The van der Waals surface area contributed by atoms with E-state index in [1.807, 2.05) is 32.0 Å². The molecule has 0 atom stereocenters. The number of fused-ring (bicyclic) bond motifs is 2. The number of nitrogens with one attached hydrogen (secondary N) is 1. The van der Waals surface area contributed by atoms with Gasteiger partial charge in [-0.1, -0.05) is 54.6 Å². The number of hydrogen-bond donors (Lipinski definition) is 1. The standard InChI is InChI=1S/C29H33N5O2/c1-21-26-17-31-34(29(36)28(26)22(2)33(21)18-23-9-4-3-5-10-23)20-27(35)30-14-8-15-32-16-13-24-11-6-7-12-25(24)19-32/h3-7,9-12,17H,8,13-16,18-20H2,1-2H3,(H,30,35). The lowest BCUT2D eigenvalue weighted by Gasteiger charge is -2.28. The number of carbonyl (C=O) groups excluding carboxylic acids is 1. The quantitative estimate of drug-likeness (QED) is 0.390. The van der Waals surface area contributed by atoms with Gasteiger partial charge in [0.2, 0.25) is 5.91 Å². The molecule has 186 valence electrons. The Morgan fingerprint density at radius 1 is 1.00 bits per heavy atom. The average molecular weight is 484 g/mol. The Balaban J connectivity index is 1.19. The summed E-state index contributed by atoms with van der Waals surface area (Å²) in [5, 5.41) is 8.75. The third kappa shape index (κ3) is 4.97. The molecule has 1 aliphatic heterocycles. The lowest BCUT2D eigenvalue weighted by atomic mass is 10.00. The Morgan fingerprint density at radius 3 is 2.56 bits per heavy atom.